The van der Waals surface area contributed by atoms with Gasteiger partial charge >= 0.3 is 0 Å². The third-order valence-electron chi connectivity index (χ3n) is 3.79. The molecule has 0 saturated heterocycles. The molecule has 7 nitrogen and oxygen atoms in total. The molecule has 0 atom stereocenters. The number of halogens is 1. The summed E-state index contributed by atoms with van der Waals surface area (Å²) >= 11 is 0. The average molecular weight is 362 g/mol. The molecule has 2 heterocycles. The van der Waals surface area contributed by atoms with E-state index < -0.39 is 0 Å². The van der Waals surface area contributed by atoms with Crippen molar-refractivity contribution in [3.8, 4) is 5.75 Å². The van der Waals surface area contributed by atoms with Gasteiger partial charge in [0.25, 0.3) is 0 Å². The predicted molar refractivity (Wildman–Crippen MR) is 101 cm³/mol. The number of methoxy groups -OCH3 is 1. The van der Waals surface area contributed by atoms with E-state index in [1.54, 1.807) is 31.6 Å². The molecule has 0 aliphatic carbocycles. The monoisotopic (exact) mass is 362 g/mol. The number of benzene rings is 2. The highest BCUT2D eigenvalue weighted by molar-refractivity contribution is 5.86. The van der Waals surface area contributed by atoms with E-state index in [2.05, 4.69) is 30.6 Å². The van der Waals surface area contributed by atoms with Gasteiger partial charge in [-0.2, -0.15) is 9.97 Å². The van der Waals surface area contributed by atoms with Crippen molar-refractivity contribution in [1.29, 1.82) is 0 Å². The first-order chi connectivity index (χ1) is 13.2. The average Bonchev–Trinajstić information content (AvgIpc) is 2.70. The van der Waals surface area contributed by atoms with Crippen LogP contribution in [0.4, 0.5) is 27.5 Å². The first-order valence-corrected chi connectivity index (χ1v) is 8.14. The van der Waals surface area contributed by atoms with Gasteiger partial charge in [0.15, 0.2) is 17.0 Å². The van der Waals surface area contributed by atoms with Crippen LogP contribution >= 0.6 is 0 Å². The van der Waals surface area contributed by atoms with Crippen LogP contribution in [0.15, 0.2) is 60.9 Å². The van der Waals surface area contributed by atoms with Crippen molar-refractivity contribution in [3.63, 3.8) is 0 Å². The summed E-state index contributed by atoms with van der Waals surface area (Å²) in [6.45, 7) is 0. The topological polar surface area (TPSA) is 84.9 Å². The van der Waals surface area contributed by atoms with Gasteiger partial charge in [-0.05, 0) is 48.5 Å². The SMILES string of the molecule is COc1ccc(Nc2nc(Nc3ccc(F)cc3)nc3nccnc23)cc1. The number of aromatic nitrogens is 4. The number of ether oxygens (including phenoxy) is 1. The first kappa shape index (κ1) is 16.6. The highest BCUT2D eigenvalue weighted by Gasteiger charge is 2.11. The molecule has 2 aromatic carbocycles. The molecule has 0 saturated carbocycles. The lowest BCUT2D eigenvalue weighted by atomic mass is 10.3. The van der Waals surface area contributed by atoms with E-state index in [1.807, 2.05) is 24.3 Å². The van der Waals surface area contributed by atoms with Crippen molar-refractivity contribution in [3.05, 3.63) is 66.7 Å². The van der Waals surface area contributed by atoms with Gasteiger partial charge < -0.3 is 15.4 Å². The first-order valence-electron chi connectivity index (χ1n) is 8.14. The number of rotatable bonds is 5. The third kappa shape index (κ3) is 3.74. The Balaban J connectivity index is 1.70. The molecular formula is C19H15FN6O. The minimum Gasteiger partial charge on any atom is -0.497 e. The maximum atomic E-state index is 13.1. The molecule has 27 heavy (non-hydrogen) atoms. The smallest absolute Gasteiger partial charge is 0.231 e. The molecule has 2 N–H and O–H groups in total. The van der Waals surface area contributed by atoms with Crippen molar-refractivity contribution in [2.75, 3.05) is 17.7 Å². The number of nitrogens with zero attached hydrogens (tertiary/aromatic N) is 4. The second kappa shape index (κ2) is 7.20. The van der Waals surface area contributed by atoms with Crippen LogP contribution in [0.1, 0.15) is 0 Å². The second-order valence-corrected chi connectivity index (χ2v) is 5.61. The minimum absolute atomic E-state index is 0.312. The van der Waals surface area contributed by atoms with Gasteiger partial charge in [0.05, 0.1) is 7.11 Å². The second-order valence-electron chi connectivity index (χ2n) is 5.61. The van der Waals surface area contributed by atoms with Gasteiger partial charge in [0, 0.05) is 23.8 Å². The Labute approximate surface area is 154 Å². The Morgan fingerprint density at radius 3 is 2.22 bits per heavy atom. The van der Waals surface area contributed by atoms with E-state index >= 15 is 0 Å². The van der Waals surface area contributed by atoms with E-state index in [1.165, 1.54) is 12.1 Å². The van der Waals surface area contributed by atoms with E-state index in [4.69, 9.17) is 4.74 Å². The molecule has 0 bridgehead atoms. The van der Waals surface area contributed by atoms with Gasteiger partial charge in [-0.15, -0.1) is 0 Å². The fraction of sp³-hybridized carbons (Fsp3) is 0.0526. The summed E-state index contributed by atoms with van der Waals surface area (Å²) in [5.41, 5.74) is 2.45. The summed E-state index contributed by atoms with van der Waals surface area (Å²) in [6, 6.07) is 13.4. The molecule has 0 aliphatic heterocycles. The van der Waals surface area contributed by atoms with Crippen LogP contribution in [0.5, 0.6) is 5.75 Å². The third-order valence-corrected chi connectivity index (χ3v) is 3.79. The molecule has 0 aliphatic rings. The molecule has 0 radical (unpaired) electrons. The number of fused-ring (bicyclic) bond motifs is 1. The van der Waals surface area contributed by atoms with E-state index in [0.717, 1.165) is 11.4 Å². The van der Waals surface area contributed by atoms with Crippen LogP contribution in [0.2, 0.25) is 0 Å². The summed E-state index contributed by atoms with van der Waals surface area (Å²) in [6.07, 6.45) is 3.14. The normalized spacial score (nSPS) is 10.6. The van der Waals surface area contributed by atoms with Crippen molar-refractivity contribution in [2.24, 2.45) is 0 Å². The summed E-state index contributed by atoms with van der Waals surface area (Å²) in [5.74, 6) is 1.27. The minimum atomic E-state index is -0.312. The molecule has 2 aromatic heterocycles. The van der Waals surface area contributed by atoms with Crippen LogP contribution in [0.25, 0.3) is 11.2 Å². The summed E-state index contributed by atoms with van der Waals surface area (Å²) < 4.78 is 18.3. The van der Waals surface area contributed by atoms with E-state index in [0.29, 0.717) is 28.6 Å². The standard InChI is InChI=1S/C19H15FN6O/c1-27-15-8-6-13(7-9-15)23-18-16-17(22-11-10-21-16)25-19(26-18)24-14-4-2-12(20)3-5-14/h2-11H,1H3,(H2,22,23,24,25,26). The van der Waals surface area contributed by atoms with Crippen LogP contribution in [0, 0.1) is 5.82 Å². The summed E-state index contributed by atoms with van der Waals surface area (Å²) in [7, 11) is 1.61. The molecule has 0 amide bonds. The Morgan fingerprint density at radius 1 is 0.815 bits per heavy atom. The molecule has 8 heteroatoms. The summed E-state index contributed by atoms with van der Waals surface area (Å²) in [5, 5.41) is 6.28. The molecule has 0 unspecified atom stereocenters. The lowest BCUT2D eigenvalue weighted by Gasteiger charge is -2.11. The van der Waals surface area contributed by atoms with Crippen molar-refractivity contribution >= 4 is 34.3 Å². The zero-order valence-electron chi connectivity index (χ0n) is 14.3. The number of nitrogens with one attached hydrogen (secondary N) is 2. The van der Waals surface area contributed by atoms with Crippen molar-refractivity contribution < 1.29 is 9.13 Å². The highest BCUT2D eigenvalue weighted by atomic mass is 19.1. The Bertz CT molecular complexity index is 1070. The Kier molecular flexibility index (Phi) is 4.44. The maximum absolute atomic E-state index is 13.1. The molecule has 134 valence electrons. The van der Waals surface area contributed by atoms with Crippen LogP contribution in [-0.2, 0) is 0 Å². The quantitative estimate of drug-likeness (QED) is 0.554. The maximum Gasteiger partial charge on any atom is 0.231 e. The van der Waals surface area contributed by atoms with Gasteiger partial charge in [-0.1, -0.05) is 0 Å². The zero-order chi connectivity index (χ0) is 18.6. The van der Waals surface area contributed by atoms with Gasteiger partial charge in [0.2, 0.25) is 5.95 Å². The van der Waals surface area contributed by atoms with Crippen LogP contribution < -0.4 is 15.4 Å². The molecule has 0 fully saturated rings. The van der Waals surface area contributed by atoms with E-state index in [-0.39, 0.29) is 5.82 Å². The van der Waals surface area contributed by atoms with Crippen LogP contribution in [0.3, 0.4) is 0 Å². The number of anilines is 4. The highest BCUT2D eigenvalue weighted by Crippen LogP contribution is 2.25. The largest absolute Gasteiger partial charge is 0.497 e. The Morgan fingerprint density at radius 2 is 1.48 bits per heavy atom. The summed E-state index contributed by atoms with van der Waals surface area (Å²) in [4.78, 5) is 17.4. The fourth-order valence-corrected chi connectivity index (χ4v) is 2.48. The zero-order valence-corrected chi connectivity index (χ0v) is 14.3. The lowest BCUT2D eigenvalue weighted by Crippen LogP contribution is -2.04. The lowest BCUT2D eigenvalue weighted by molar-refractivity contribution is 0.415. The van der Waals surface area contributed by atoms with Gasteiger partial charge in [-0.25, -0.2) is 14.4 Å². The number of hydrogen-bond donors (Lipinski definition) is 2. The number of hydrogen-bond acceptors (Lipinski definition) is 7. The fourth-order valence-electron chi connectivity index (χ4n) is 2.48. The molecule has 0 spiro atoms. The Hall–Kier alpha value is -3.81. The van der Waals surface area contributed by atoms with Crippen molar-refractivity contribution in [1.82, 2.24) is 19.9 Å². The van der Waals surface area contributed by atoms with E-state index in [9.17, 15) is 4.39 Å². The predicted octanol–water partition coefficient (Wildman–Crippen LogP) is 4.05. The van der Waals surface area contributed by atoms with Crippen LogP contribution in [-0.4, -0.2) is 27.0 Å². The molecule has 4 aromatic rings. The van der Waals surface area contributed by atoms with Crippen molar-refractivity contribution in [2.45, 2.75) is 0 Å². The van der Waals surface area contributed by atoms with Gasteiger partial charge in [0.1, 0.15) is 11.6 Å². The van der Waals surface area contributed by atoms with Gasteiger partial charge in [-0.3, -0.25) is 0 Å². The molecule has 4 rings (SSSR count). The molecular weight excluding hydrogens is 347 g/mol.